The van der Waals surface area contributed by atoms with E-state index in [2.05, 4.69) is 46.2 Å². The average Bonchev–Trinajstić information content (AvgIpc) is 3.25. The molecule has 1 saturated carbocycles. The van der Waals surface area contributed by atoms with Crippen molar-refractivity contribution >= 4 is 11.9 Å². The molecule has 1 amide bonds. The Morgan fingerprint density at radius 1 is 1.14 bits per heavy atom. The molecule has 1 aliphatic heterocycles. The molecule has 0 aromatic carbocycles. The van der Waals surface area contributed by atoms with Crippen molar-refractivity contribution in [1.82, 2.24) is 20.4 Å². The summed E-state index contributed by atoms with van der Waals surface area (Å²) < 4.78 is 5.61. The van der Waals surface area contributed by atoms with Gasteiger partial charge in [-0.3, -0.25) is 14.7 Å². The van der Waals surface area contributed by atoms with Crippen LogP contribution in [0, 0.1) is 11.8 Å². The van der Waals surface area contributed by atoms with Crippen molar-refractivity contribution in [3.05, 3.63) is 0 Å². The van der Waals surface area contributed by atoms with E-state index in [0.717, 1.165) is 90.8 Å². The minimum Gasteiger partial charge on any atom is -0.381 e. The van der Waals surface area contributed by atoms with E-state index in [4.69, 9.17) is 4.74 Å². The first kappa shape index (κ1) is 23.9. The topological polar surface area (TPSA) is 69.2 Å². The number of guanidine groups is 1. The van der Waals surface area contributed by atoms with E-state index in [1.807, 2.05) is 0 Å². The van der Waals surface area contributed by atoms with Gasteiger partial charge in [0.1, 0.15) is 0 Å². The van der Waals surface area contributed by atoms with E-state index >= 15 is 0 Å². The summed E-state index contributed by atoms with van der Waals surface area (Å²) in [6.45, 7) is 15.2. The highest BCUT2D eigenvalue weighted by Crippen LogP contribution is 2.26. The Morgan fingerprint density at radius 3 is 2.52 bits per heavy atom. The van der Waals surface area contributed by atoms with Crippen LogP contribution in [0.2, 0.25) is 0 Å². The second-order valence-corrected chi connectivity index (χ2v) is 8.66. The molecule has 0 aromatic heterocycles. The second-order valence-electron chi connectivity index (χ2n) is 8.66. The van der Waals surface area contributed by atoms with Gasteiger partial charge in [0.2, 0.25) is 5.91 Å². The SMILES string of the molecule is CCNC(=NCCCOCC(C)C)NCCN1CCN(C(=O)C2CCCC2)CC1. The van der Waals surface area contributed by atoms with E-state index in [-0.39, 0.29) is 0 Å². The number of rotatable bonds is 11. The molecule has 168 valence electrons. The number of carbonyl (C=O) groups is 1. The lowest BCUT2D eigenvalue weighted by Gasteiger charge is -2.36. The summed E-state index contributed by atoms with van der Waals surface area (Å²) in [5.74, 6) is 2.17. The third-order valence-corrected chi connectivity index (χ3v) is 5.62. The number of hydrogen-bond donors (Lipinski definition) is 2. The summed E-state index contributed by atoms with van der Waals surface area (Å²) in [6, 6.07) is 0. The predicted molar refractivity (Wildman–Crippen MR) is 119 cm³/mol. The highest BCUT2D eigenvalue weighted by Gasteiger charge is 2.29. The first-order valence-corrected chi connectivity index (χ1v) is 11.7. The van der Waals surface area contributed by atoms with Gasteiger partial charge in [-0.1, -0.05) is 26.7 Å². The Bertz CT molecular complexity index is 484. The average molecular weight is 410 g/mol. The van der Waals surface area contributed by atoms with Gasteiger partial charge in [0.15, 0.2) is 5.96 Å². The maximum atomic E-state index is 12.5. The molecular formula is C22H43N5O2. The number of nitrogens with zero attached hydrogens (tertiary/aromatic N) is 3. The first-order valence-electron chi connectivity index (χ1n) is 11.7. The molecule has 1 saturated heterocycles. The van der Waals surface area contributed by atoms with E-state index in [0.29, 0.717) is 17.7 Å². The third-order valence-electron chi connectivity index (χ3n) is 5.62. The molecule has 0 spiro atoms. The summed E-state index contributed by atoms with van der Waals surface area (Å²) in [6.07, 6.45) is 5.59. The third kappa shape index (κ3) is 9.34. The highest BCUT2D eigenvalue weighted by molar-refractivity contribution is 5.80. The summed E-state index contributed by atoms with van der Waals surface area (Å²) in [4.78, 5) is 21.7. The molecule has 7 nitrogen and oxygen atoms in total. The molecule has 2 aliphatic rings. The van der Waals surface area contributed by atoms with Crippen LogP contribution in [-0.4, -0.2) is 87.2 Å². The van der Waals surface area contributed by atoms with Crippen molar-refractivity contribution in [2.24, 2.45) is 16.8 Å². The summed E-state index contributed by atoms with van der Waals surface area (Å²) in [5, 5.41) is 6.74. The fourth-order valence-corrected chi connectivity index (χ4v) is 3.97. The van der Waals surface area contributed by atoms with Crippen LogP contribution >= 0.6 is 0 Å². The van der Waals surface area contributed by atoms with E-state index in [9.17, 15) is 4.79 Å². The van der Waals surface area contributed by atoms with Gasteiger partial charge >= 0.3 is 0 Å². The van der Waals surface area contributed by atoms with Gasteiger partial charge < -0.3 is 20.3 Å². The van der Waals surface area contributed by atoms with Gasteiger partial charge in [-0.15, -0.1) is 0 Å². The van der Waals surface area contributed by atoms with E-state index in [1.54, 1.807) is 0 Å². The molecule has 0 bridgehead atoms. The molecule has 7 heteroatoms. The van der Waals surface area contributed by atoms with Gasteiger partial charge in [-0.2, -0.15) is 0 Å². The molecule has 0 aromatic rings. The molecule has 1 heterocycles. The number of ether oxygens (including phenoxy) is 1. The number of aliphatic imine (C=N–C) groups is 1. The molecule has 0 unspecified atom stereocenters. The fourth-order valence-electron chi connectivity index (χ4n) is 3.97. The lowest BCUT2D eigenvalue weighted by Crippen LogP contribution is -2.51. The van der Waals surface area contributed by atoms with Crippen molar-refractivity contribution in [1.29, 1.82) is 0 Å². The zero-order valence-corrected chi connectivity index (χ0v) is 18.9. The van der Waals surface area contributed by atoms with Crippen molar-refractivity contribution in [3.8, 4) is 0 Å². The normalized spacial score (nSPS) is 19.2. The minimum atomic E-state index is 0.304. The van der Waals surface area contributed by atoms with Gasteiger partial charge in [-0.05, 0) is 32.1 Å². The number of piperazine rings is 1. The maximum Gasteiger partial charge on any atom is 0.225 e. The van der Waals surface area contributed by atoms with Crippen LogP contribution in [0.3, 0.4) is 0 Å². The van der Waals surface area contributed by atoms with Crippen LogP contribution in [0.1, 0.15) is 52.9 Å². The predicted octanol–water partition coefficient (Wildman–Crippen LogP) is 1.94. The van der Waals surface area contributed by atoms with Gasteiger partial charge in [0.05, 0.1) is 0 Å². The van der Waals surface area contributed by atoms with Crippen LogP contribution in [0.15, 0.2) is 4.99 Å². The zero-order valence-electron chi connectivity index (χ0n) is 18.9. The molecule has 2 rings (SSSR count). The number of hydrogen-bond acceptors (Lipinski definition) is 4. The monoisotopic (exact) mass is 409 g/mol. The molecule has 2 N–H and O–H groups in total. The molecule has 29 heavy (non-hydrogen) atoms. The molecule has 0 atom stereocenters. The maximum absolute atomic E-state index is 12.5. The van der Waals surface area contributed by atoms with Crippen molar-refractivity contribution in [2.75, 3.05) is 65.6 Å². The van der Waals surface area contributed by atoms with Crippen LogP contribution in [0.4, 0.5) is 0 Å². The van der Waals surface area contributed by atoms with Crippen molar-refractivity contribution in [2.45, 2.75) is 52.9 Å². The summed E-state index contributed by atoms with van der Waals surface area (Å²) in [5.41, 5.74) is 0. The van der Waals surface area contributed by atoms with Crippen LogP contribution in [0.25, 0.3) is 0 Å². The van der Waals surface area contributed by atoms with Crippen LogP contribution < -0.4 is 10.6 Å². The van der Waals surface area contributed by atoms with E-state index in [1.165, 1.54) is 12.8 Å². The number of nitrogens with one attached hydrogen (secondary N) is 2. The van der Waals surface area contributed by atoms with Crippen LogP contribution in [-0.2, 0) is 9.53 Å². The van der Waals surface area contributed by atoms with Gasteiger partial charge in [0, 0.05) is 71.5 Å². The van der Waals surface area contributed by atoms with Gasteiger partial charge in [0.25, 0.3) is 0 Å². The smallest absolute Gasteiger partial charge is 0.225 e. The quantitative estimate of drug-likeness (QED) is 0.310. The summed E-state index contributed by atoms with van der Waals surface area (Å²) in [7, 11) is 0. The second kappa shape index (κ2) is 13.8. The lowest BCUT2D eigenvalue weighted by atomic mass is 10.1. The molecule has 0 radical (unpaired) electrons. The standard InChI is InChI=1S/C22H43N5O2/c1-4-23-22(24-10-7-17-29-18-19(2)3)25-11-12-26-13-15-27(16-14-26)21(28)20-8-5-6-9-20/h19-20H,4-18H2,1-3H3,(H2,23,24,25). The molecule has 2 fully saturated rings. The first-order chi connectivity index (χ1) is 14.1. The Kier molecular flexibility index (Phi) is 11.4. The number of amides is 1. The van der Waals surface area contributed by atoms with E-state index < -0.39 is 0 Å². The fraction of sp³-hybridized carbons (Fsp3) is 0.909. The van der Waals surface area contributed by atoms with Gasteiger partial charge in [-0.25, -0.2) is 0 Å². The molecule has 1 aliphatic carbocycles. The minimum absolute atomic E-state index is 0.304. The van der Waals surface area contributed by atoms with Crippen molar-refractivity contribution in [3.63, 3.8) is 0 Å². The largest absolute Gasteiger partial charge is 0.381 e. The Morgan fingerprint density at radius 2 is 1.86 bits per heavy atom. The zero-order chi connectivity index (χ0) is 20.9. The lowest BCUT2D eigenvalue weighted by molar-refractivity contribution is -0.137. The Labute approximate surface area is 177 Å². The Hall–Kier alpha value is -1.34. The number of carbonyl (C=O) groups excluding carboxylic acids is 1. The van der Waals surface area contributed by atoms with Crippen molar-refractivity contribution < 1.29 is 9.53 Å². The van der Waals surface area contributed by atoms with Crippen LogP contribution in [0.5, 0.6) is 0 Å². The Balaban J connectivity index is 1.59. The summed E-state index contributed by atoms with van der Waals surface area (Å²) >= 11 is 0. The molecular weight excluding hydrogens is 366 g/mol. The highest BCUT2D eigenvalue weighted by atomic mass is 16.5.